The van der Waals surface area contributed by atoms with Crippen molar-refractivity contribution in [2.24, 2.45) is 0 Å². The third-order valence-corrected chi connectivity index (χ3v) is 12.7. The number of phenolic OH excluding ortho intramolecular Hbond substituents is 7. The van der Waals surface area contributed by atoms with Crippen LogP contribution in [0.2, 0.25) is 0 Å². The normalized spacial score (nSPS) is 14.2. The number of rotatable bonds is 13. The highest BCUT2D eigenvalue weighted by Crippen LogP contribution is 2.48. The van der Waals surface area contributed by atoms with Crippen molar-refractivity contribution in [1.29, 1.82) is 0 Å². The number of hydrogen-bond acceptors (Lipinski definition) is 14. The van der Waals surface area contributed by atoms with Gasteiger partial charge >= 0.3 is 0 Å². The second-order valence-corrected chi connectivity index (χ2v) is 19.4. The lowest BCUT2D eigenvalue weighted by atomic mass is 9.92. The van der Waals surface area contributed by atoms with Gasteiger partial charge in [-0.1, -0.05) is 95.1 Å². The van der Waals surface area contributed by atoms with Crippen LogP contribution in [0, 0.1) is 6.92 Å². The van der Waals surface area contributed by atoms with Crippen LogP contribution in [0.25, 0.3) is 6.08 Å². The molecule has 0 spiro atoms. The van der Waals surface area contributed by atoms with Crippen LogP contribution in [0.3, 0.4) is 0 Å². The first-order chi connectivity index (χ1) is 36.6. The zero-order chi connectivity index (χ0) is 56.2. The lowest BCUT2D eigenvalue weighted by molar-refractivity contribution is 0.0832. The van der Waals surface area contributed by atoms with Crippen molar-refractivity contribution >= 4 is 23.4 Å². The van der Waals surface area contributed by atoms with E-state index in [1.807, 2.05) is 91.0 Å². The predicted molar refractivity (Wildman–Crippen MR) is 296 cm³/mol. The molecule has 2 heterocycles. The fourth-order valence-corrected chi connectivity index (χ4v) is 8.47. The minimum Gasteiger partial charge on any atom is -0.508 e. The van der Waals surface area contributed by atoms with Crippen LogP contribution in [0.15, 0.2) is 132 Å². The van der Waals surface area contributed by atoms with Crippen molar-refractivity contribution in [1.82, 2.24) is 0 Å². The third-order valence-electron chi connectivity index (χ3n) is 12.7. The van der Waals surface area contributed by atoms with Gasteiger partial charge in [0.15, 0.2) is 17.3 Å². The number of aryl methyl sites for hydroxylation is 1. The van der Waals surface area contributed by atoms with E-state index in [0.717, 1.165) is 39.0 Å². The largest absolute Gasteiger partial charge is 0.508 e. The first kappa shape index (κ1) is 57.4. The maximum atomic E-state index is 12.8. The van der Waals surface area contributed by atoms with Gasteiger partial charge in [-0.05, 0) is 115 Å². The summed E-state index contributed by atoms with van der Waals surface area (Å²) in [5, 5.41) is 70.4. The molecule has 0 saturated heterocycles. The molecular weight excluding hydrogens is 981 g/mol. The first-order valence-corrected chi connectivity index (χ1v) is 24.9. The van der Waals surface area contributed by atoms with Crippen LogP contribution < -0.4 is 18.9 Å². The summed E-state index contributed by atoms with van der Waals surface area (Å²) in [4.78, 5) is 38.0. The monoisotopic (exact) mass is 1050 g/mol. The molecule has 14 nitrogen and oxygen atoms in total. The van der Waals surface area contributed by atoms with Crippen molar-refractivity contribution in [3.8, 4) is 63.2 Å². The molecular formula is C63H66O14. The highest BCUT2D eigenvalue weighted by atomic mass is 16.5. The molecule has 0 aromatic heterocycles. The number of ketones is 3. The molecule has 0 fully saturated rings. The molecule has 0 saturated carbocycles. The van der Waals surface area contributed by atoms with Crippen molar-refractivity contribution in [2.75, 3.05) is 14.2 Å². The Hall–Kier alpha value is -8.91. The van der Waals surface area contributed by atoms with E-state index >= 15 is 0 Å². The van der Waals surface area contributed by atoms with Gasteiger partial charge in [-0.25, -0.2) is 0 Å². The highest BCUT2D eigenvalue weighted by molar-refractivity contribution is 6.11. The first-order valence-electron chi connectivity index (χ1n) is 24.9. The predicted octanol–water partition coefficient (Wildman–Crippen LogP) is 13.2. The van der Waals surface area contributed by atoms with Crippen LogP contribution >= 0.6 is 0 Å². The average molecular weight is 1050 g/mol. The standard InChI is InChI=1S/C22H24O4.C21H22O5.C20H20O5/c1-14(2)5-11-17-19(24)13-20(26-4)21(22(17)25)18(23)12-10-16-8-6-15(3)7-9-16;1-12(2)4-9-15-16(23)10-19(25-3)20-17(24)11-18(26-21(15)20)13-5-7-14(22)8-6-13;1-11(2)3-8-14-15(22)9-16(23)19-17(24)10-18(25-20(14)19)12-4-6-13(21)7-5-12/h5-10,12-13,24-25H,11H2,1-4H3;4-8,10,18,22-23H,9,11H2,1-3H3;3-7,9,18,21-23H,8,10H2,1-2H3/b12-10+;;. The van der Waals surface area contributed by atoms with Crippen LogP contribution in [-0.4, -0.2) is 67.3 Å². The topological polar surface area (TPSA) is 230 Å². The molecule has 14 heteroatoms. The number of hydrogen-bond donors (Lipinski definition) is 7. The Kier molecular flexibility index (Phi) is 19.0. The molecule has 402 valence electrons. The number of methoxy groups -OCH3 is 2. The lowest BCUT2D eigenvalue weighted by Gasteiger charge is -2.29. The lowest BCUT2D eigenvalue weighted by Crippen LogP contribution is -2.22. The Morgan fingerprint density at radius 1 is 0.545 bits per heavy atom. The highest BCUT2D eigenvalue weighted by Gasteiger charge is 2.35. The SMILES string of the molecule is CC(C)=CCc1c(O)cc(O)c2c1OC(c1ccc(O)cc1)CC2=O.COc1cc(O)c(CC=C(C)C)c(O)c1C(=O)/C=C/c1ccc(C)cc1.COc1cc(O)c(CC=C(C)C)c2c1C(=O)CC(c1ccc(O)cc1)O2. The van der Waals surface area contributed by atoms with Gasteiger partial charge in [0.1, 0.15) is 92.1 Å². The van der Waals surface area contributed by atoms with Gasteiger partial charge in [-0.15, -0.1) is 0 Å². The summed E-state index contributed by atoms with van der Waals surface area (Å²) in [6.07, 6.45) is 9.25. The van der Waals surface area contributed by atoms with Gasteiger partial charge in [-0.2, -0.15) is 0 Å². The molecule has 0 amide bonds. The summed E-state index contributed by atoms with van der Waals surface area (Å²) >= 11 is 0. The average Bonchev–Trinajstić information content (AvgIpc) is 3.38. The van der Waals surface area contributed by atoms with Crippen LogP contribution in [-0.2, 0) is 19.3 Å². The second kappa shape index (κ2) is 25.6. The van der Waals surface area contributed by atoms with E-state index < -0.39 is 18.0 Å². The van der Waals surface area contributed by atoms with Crippen LogP contribution in [0.5, 0.6) is 63.2 Å². The van der Waals surface area contributed by atoms with Gasteiger partial charge < -0.3 is 54.7 Å². The fraction of sp³-hybridized carbons (Fsp3) is 0.254. The number of ether oxygens (including phenoxy) is 4. The van der Waals surface area contributed by atoms with Crippen molar-refractivity contribution in [2.45, 2.75) is 92.8 Å². The van der Waals surface area contributed by atoms with Gasteiger partial charge in [0.2, 0.25) is 0 Å². The number of fused-ring (bicyclic) bond motifs is 2. The fourth-order valence-electron chi connectivity index (χ4n) is 8.47. The van der Waals surface area contributed by atoms with Crippen LogP contribution in [0.1, 0.15) is 137 Å². The number of benzene rings is 6. The maximum absolute atomic E-state index is 12.8. The van der Waals surface area contributed by atoms with Crippen molar-refractivity contribution < 1.29 is 69.1 Å². The van der Waals surface area contributed by atoms with E-state index in [1.165, 1.54) is 50.6 Å². The van der Waals surface area contributed by atoms with E-state index in [-0.39, 0.29) is 87.3 Å². The Labute approximate surface area is 448 Å². The van der Waals surface area contributed by atoms with Crippen molar-refractivity contribution in [3.63, 3.8) is 0 Å². The van der Waals surface area contributed by atoms with E-state index in [9.17, 15) is 50.1 Å². The minimum atomic E-state index is -0.535. The van der Waals surface area contributed by atoms with E-state index in [1.54, 1.807) is 42.5 Å². The summed E-state index contributed by atoms with van der Waals surface area (Å²) < 4.78 is 22.6. The Morgan fingerprint density at radius 3 is 1.43 bits per heavy atom. The number of carbonyl (C=O) groups excluding carboxylic acids is 3. The number of Topliss-reactive ketones (excluding diaryl/α,β-unsaturated/α-hetero) is 2. The molecule has 0 radical (unpaired) electrons. The molecule has 2 aliphatic rings. The number of allylic oxidation sites excluding steroid dienone is 7. The molecule has 7 N–H and O–H groups in total. The Bertz CT molecular complexity index is 3260. The summed E-state index contributed by atoms with van der Waals surface area (Å²) in [5.74, 6) is -0.0920. The Morgan fingerprint density at radius 2 is 0.961 bits per heavy atom. The zero-order valence-electron chi connectivity index (χ0n) is 44.7. The van der Waals surface area contributed by atoms with Crippen molar-refractivity contribution in [3.05, 3.63) is 188 Å². The van der Waals surface area contributed by atoms with E-state index in [2.05, 4.69) is 0 Å². The minimum absolute atomic E-state index is 0.0391. The summed E-state index contributed by atoms with van der Waals surface area (Å²) in [6.45, 7) is 13.7. The molecule has 6 aromatic rings. The van der Waals surface area contributed by atoms with Gasteiger partial charge in [-0.3, -0.25) is 14.4 Å². The maximum Gasteiger partial charge on any atom is 0.193 e. The molecule has 6 aromatic carbocycles. The molecule has 8 rings (SSSR count). The number of phenols is 7. The number of aromatic hydroxyl groups is 7. The molecule has 0 aliphatic carbocycles. The van der Waals surface area contributed by atoms with Gasteiger partial charge in [0.05, 0.1) is 27.1 Å². The molecule has 77 heavy (non-hydrogen) atoms. The smallest absolute Gasteiger partial charge is 0.193 e. The van der Waals surface area contributed by atoms with Crippen LogP contribution in [0.4, 0.5) is 0 Å². The molecule has 2 aliphatic heterocycles. The second-order valence-electron chi connectivity index (χ2n) is 19.4. The third kappa shape index (κ3) is 14.3. The molecule has 0 bridgehead atoms. The summed E-state index contributed by atoms with van der Waals surface area (Å²) in [7, 11) is 2.86. The summed E-state index contributed by atoms with van der Waals surface area (Å²) in [6, 6.07) is 24.8. The van der Waals surface area contributed by atoms with E-state index in [0.29, 0.717) is 53.0 Å². The van der Waals surface area contributed by atoms with Gasteiger partial charge in [0.25, 0.3) is 0 Å². The summed E-state index contributed by atoms with van der Waals surface area (Å²) in [5.41, 5.74) is 8.65. The zero-order valence-corrected chi connectivity index (χ0v) is 44.7. The Balaban J connectivity index is 0.000000187. The molecule has 2 atom stereocenters. The van der Waals surface area contributed by atoms with E-state index in [4.69, 9.17) is 18.9 Å². The molecule has 2 unspecified atom stereocenters. The quantitative estimate of drug-likeness (QED) is 0.0324. The van der Waals surface area contributed by atoms with Gasteiger partial charge in [0, 0.05) is 34.9 Å². The number of carbonyl (C=O) groups is 3.